The average Bonchev–Trinajstić information content (AvgIpc) is 2.26. The minimum atomic E-state index is 0.322. The highest BCUT2D eigenvalue weighted by molar-refractivity contribution is 5.46. The maximum Gasteiger partial charge on any atom is 0.145 e. The first-order chi connectivity index (χ1) is 7.94. The Balaban J connectivity index is 2.64. The SMILES string of the molecule is CCc1nc(NN)cc(NCCC(C)(C)C)n1. The molecule has 0 amide bonds. The Kier molecular flexibility index (Phi) is 4.69. The van der Waals surface area contributed by atoms with Crippen molar-refractivity contribution in [2.75, 3.05) is 17.3 Å². The first-order valence-electron chi connectivity index (χ1n) is 6.03. The summed E-state index contributed by atoms with van der Waals surface area (Å²) in [4.78, 5) is 8.64. The van der Waals surface area contributed by atoms with Crippen molar-refractivity contribution in [1.82, 2.24) is 9.97 Å². The van der Waals surface area contributed by atoms with E-state index in [-0.39, 0.29) is 0 Å². The summed E-state index contributed by atoms with van der Waals surface area (Å²) in [6.45, 7) is 9.58. The second kappa shape index (κ2) is 5.82. The molecule has 0 aliphatic carbocycles. The molecule has 0 aliphatic rings. The monoisotopic (exact) mass is 237 g/mol. The number of hydrazine groups is 1. The molecule has 1 rings (SSSR count). The number of nitrogens with zero attached hydrogens (tertiary/aromatic N) is 2. The second-order valence-corrected chi connectivity index (χ2v) is 5.29. The van der Waals surface area contributed by atoms with Gasteiger partial charge >= 0.3 is 0 Å². The first kappa shape index (κ1) is 13.7. The van der Waals surface area contributed by atoms with E-state index in [0.29, 0.717) is 11.2 Å². The van der Waals surface area contributed by atoms with E-state index < -0.39 is 0 Å². The van der Waals surface area contributed by atoms with Gasteiger partial charge in [-0.2, -0.15) is 0 Å². The van der Waals surface area contributed by atoms with E-state index in [0.717, 1.165) is 31.0 Å². The predicted molar refractivity (Wildman–Crippen MR) is 71.8 cm³/mol. The molecule has 1 aromatic rings. The number of aryl methyl sites for hydroxylation is 1. The Morgan fingerprint density at radius 3 is 2.41 bits per heavy atom. The summed E-state index contributed by atoms with van der Waals surface area (Å²) in [5.41, 5.74) is 2.88. The van der Waals surface area contributed by atoms with Crippen molar-refractivity contribution >= 4 is 11.6 Å². The highest BCUT2D eigenvalue weighted by Gasteiger charge is 2.09. The summed E-state index contributed by atoms with van der Waals surface area (Å²) in [7, 11) is 0. The summed E-state index contributed by atoms with van der Waals surface area (Å²) in [6, 6.07) is 1.82. The second-order valence-electron chi connectivity index (χ2n) is 5.29. The van der Waals surface area contributed by atoms with Gasteiger partial charge in [0.05, 0.1) is 0 Å². The van der Waals surface area contributed by atoms with Crippen LogP contribution in [0.4, 0.5) is 11.6 Å². The van der Waals surface area contributed by atoms with Gasteiger partial charge in [0.15, 0.2) is 0 Å². The zero-order valence-electron chi connectivity index (χ0n) is 11.2. The van der Waals surface area contributed by atoms with Crippen molar-refractivity contribution in [2.24, 2.45) is 11.3 Å². The number of anilines is 2. The molecule has 0 bridgehead atoms. The molecule has 5 nitrogen and oxygen atoms in total. The van der Waals surface area contributed by atoms with Crippen molar-refractivity contribution in [1.29, 1.82) is 0 Å². The lowest BCUT2D eigenvalue weighted by Gasteiger charge is -2.18. The van der Waals surface area contributed by atoms with Crippen LogP contribution < -0.4 is 16.6 Å². The van der Waals surface area contributed by atoms with Gasteiger partial charge in [-0.15, -0.1) is 0 Å². The van der Waals surface area contributed by atoms with E-state index in [1.807, 2.05) is 13.0 Å². The molecule has 0 saturated carbocycles. The van der Waals surface area contributed by atoms with Gasteiger partial charge in [0, 0.05) is 19.0 Å². The Hall–Kier alpha value is -1.36. The lowest BCUT2D eigenvalue weighted by atomic mass is 9.92. The summed E-state index contributed by atoms with van der Waals surface area (Å²) < 4.78 is 0. The molecule has 0 spiro atoms. The van der Waals surface area contributed by atoms with Crippen LogP contribution in [-0.2, 0) is 6.42 Å². The van der Waals surface area contributed by atoms with Crippen molar-refractivity contribution in [3.05, 3.63) is 11.9 Å². The normalized spacial score (nSPS) is 11.4. The van der Waals surface area contributed by atoms with Crippen LogP contribution in [0.15, 0.2) is 6.07 Å². The highest BCUT2D eigenvalue weighted by Crippen LogP contribution is 2.18. The Labute approximate surface area is 103 Å². The number of nitrogens with one attached hydrogen (secondary N) is 2. The first-order valence-corrected chi connectivity index (χ1v) is 6.03. The van der Waals surface area contributed by atoms with Gasteiger partial charge in [-0.05, 0) is 11.8 Å². The van der Waals surface area contributed by atoms with E-state index in [1.54, 1.807) is 0 Å². The molecule has 4 N–H and O–H groups in total. The van der Waals surface area contributed by atoms with Gasteiger partial charge in [-0.25, -0.2) is 15.8 Å². The molecule has 17 heavy (non-hydrogen) atoms. The van der Waals surface area contributed by atoms with E-state index in [1.165, 1.54) is 0 Å². The fraction of sp³-hybridized carbons (Fsp3) is 0.667. The third kappa shape index (κ3) is 4.99. The standard InChI is InChI=1S/C12H23N5/c1-5-9-15-10(8-11(16-9)17-13)14-7-6-12(2,3)4/h8H,5-7,13H2,1-4H3,(H2,14,15,16,17). The summed E-state index contributed by atoms with van der Waals surface area (Å²) >= 11 is 0. The van der Waals surface area contributed by atoms with Crippen LogP contribution in [0.5, 0.6) is 0 Å². The molecule has 0 radical (unpaired) electrons. The van der Waals surface area contributed by atoms with Crippen LogP contribution in [0.2, 0.25) is 0 Å². The van der Waals surface area contributed by atoms with E-state index >= 15 is 0 Å². The van der Waals surface area contributed by atoms with Gasteiger partial charge < -0.3 is 10.7 Å². The number of nitrogen functional groups attached to an aromatic ring is 1. The molecular weight excluding hydrogens is 214 g/mol. The Morgan fingerprint density at radius 1 is 1.24 bits per heavy atom. The van der Waals surface area contributed by atoms with Crippen LogP contribution in [0.25, 0.3) is 0 Å². The molecule has 0 unspecified atom stereocenters. The quantitative estimate of drug-likeness (QED) is 0.540. The van der Waals surface area contributed by atoms with Gasteiger partial charge in [0.1, 0.15) is 17.5 Å². The van der Waals surface area contributed by atoms with Gasteiger partial charge in [0.25, 0.3) is 0 Å². The average molecular weight is 237 g/mol. The third-order valence-corrected chi connectivity index (χ3v) is 2.42. The molecule has 0 aliphatic heterocycles. The number of rotatable bonds is 5. The molecule has 0 atom stereocenters. The largest absolute Gasteiger partial charge is 0.370 e. The number of nitrogens with two attached hydrogens (primary N) is 1. The minimum absolute atomic E-state index is 0.322. The lowest BCUT2D eigenvalue weighted by molar-refractivity contribution is 0.389. The van der Waals surface area contributed by atoms with Gasteiger partial charge in [-0.1, -0.05) is 27.7 Å². The minimum Gasteiger partial charge on any atom is -0.370 e. The van der Waals surface area contributed by atoms with E-state index in [2.05, 4.69) is 41.5 Å². The predicted octanol–water partition coefficient (Wildman–Crippen LogP) is 2.17. The fourth-order valence-corrected chi connectivity index (χ4v) is 1.39. The summed E-state index contributed by atoms with van der Waals surface area (Å²) in [5.74, 6) is 7.64. The van der Waals surface area contributed by atoms with Gasteiger partial charge in [-0.3, -0.25) is 0 Å². The summed E-state index contributed by atoms with van der Waals surface area (Å²) in [5, 5.41) is 3.30. The van der Waals surface area contributed by atoms with Crippen LogP contribution >= 0.6 is 0 Å². The molecule has 96 valence electrons. The van der Waals surface area contributed by atoms with Crippen molar-refractivity contribution in [3.8, 4) is 0 Å². The fourth-order valence-electron chi connectivity index (χ4n) is 1.39. The zero-order chi connectivity index (χ0) is 12.9. The Bertz CT molecular complexity index is 334. The maximum absolute atomic E-state index is 5.37. The zero-order valence-corrected chi connectivity index (χ0v) is 11.2. The number of hydrogen-bond acceptors (Lipinski definition) is 5. The lowest BCUT2D eigenvalue weighted by Crippen LogP contribution is -2.15. The van der Waals surface area contributed by atoms with Crippen LogP contribution in [0.3, 0.4) is 0 Å². The molecule has 0 saturated heterocycles. The molecule has 5 heteroatoms. The van der Waals surface area contributed by atoms with Crippen molar-refractivity contribution in [2.45, 2.75) is 40.5 Å². The molecule has 0 fully saturated rings. The number of aromatic nitrogens is 2. The number of hydrogen-bond donors (Lipinski definition) is 3. The highest BCUT2D eigenvalue weighted by atomic mass is 15.3. The maximum atomic E-state index is 5.37. The van der Waals surface area contributed by atoms with E-state index in [4.69, 9.17) is 5.84 Å². The topological polar surface area (TPSA) is 75.9 Å². The molecule has 0 aromatic carbocycles. The van der Waals surface area contributed by atoms with Crippen LogP contribution in [0.1, 0.15) is 39.9 Å². The smallest absolute Gasteiger partial charge is 0.145 e. The third-order valence-electron chi connectivity index (χ3n) is 2.42. The van der Waals surface area contributed by atoms with Crippen LogP contribution in [0, 0.1) is 5.41 Å². The Morgan fingerprint density at radius 2 is 1.88 bits per heavy atom. The van der Waals surface area contributed by atoms with E-state index in [9.17, 15) is 0 Å². The molecule has 1 heterocycles. The molecule has 1 aromatic heterocycles. The van der Waals surface area contributed by atoms with Crippen molar-refractivity contribution < 1.29 is 0 Å². The summed E-state index contributed by atoms with van der Waals surface area (Å²) in [6.07, 6.45) is 1.88. The van der Waals surface area contributed by atoms with Crippen molar-refractivity contribution in [3.63, 3.8) is 0 Å². The van der Waals surface area contributed by atoms with Gasteiger partial charge in [0.2, 0.25) is 0 Å². The molecular formula is C12H23N5. The van der Waals surface area contributed by atoms with Crippen LogP contribution in [-0.4, -0.2) is 16.5 Å².